The fraction of sp³-hybridized carbons (Fsp3) is 0.160. The summed E-state index contributed by atoms with van der Waals surface area (Å²) in [5.74, 6) is 2.23. The Morgan fingerprint density at radius 2 is 1.72 bits per heavy atom. The maximum atomic E-state index is 12.8. The molecule has 0 bridgehead atoms. The Morgan fingerprint density at radius 1 is 0.966 bits per heavy atom. The Morgan fingerprint density at radius 3 is 2.45 bits per heavy atom. The highest BCUT2D eigenvalue weighted by molar-refractivity contribution is 6.14. The summed E-state index contributed by atoms with van der Waals surface area (Å²) in [5.41, 5.74) is 4.57. The van der Waals surface area contributed by atoms with Gasteiger partial charge in [-0.3, -0.25) is 4.79 Å². The number of aryl methyl sites for hydroxylation is 1. The predicted octanol–water partition coefficient (Wildman–Crippen LogP) is 5.51. The summed E-state index contributed by atoms with van der Waals surface area (Å²) in [7, 11) is 1.62. The average Bonchev–Trinajstić information content (AvgIpc) is 3.05. The fourth-order valence-corrected chi connectivity index (χ4v) is 3.30. The van der Waals surface area contributed by atoms with Crippen LogP contribution in [0.2, 0.25) is 0 Å². The molecule has 4 heteroatoms. The topological polar surface area (TPSA) is 44.8 Å². The number of hydrogen-bond acceptors (Lipinski definition) is 4. The third kappa shape index (κ3) is 3.74. The molecule has 4 nitrogen and oxygen atoms in total. The molecule has 0 aromatic heterocycles. The van der Waals surface area contributed by atoms with Gasteiger partial charge in [0, 0.05) is 5.56 Å². The van der Waals surface area contributed by atoms with E-state index in [2.05, 4.69) is 13.0 Å². The zero-order valence-corrected chi connectivity index (χ0v) is 16.7. The minimum atomic E-state index is -0.121. The van der Waals surface area contributed by atoms with Crippen LogP contribution in [0.15, 0.2) is 66.4 Å². The van der Waals surface area contributed by atoms with Gasteiger partial charge in [-0.05, 0) is 60.9 Å². The first-order valence-corrected chi connectivity index (χ1v) is 9.46. The number of carbonyl (C=O) groups is 1. The van der Waals surface area contributed by atoms with E-state index >= 15 is 0 Å². The molecule has 0 amide bonds. The van der Waals surface area contributed by atoms with E-state index in [1.165, 1.54) is 5.56 Å². The van der Waals surface area contributed by atoms with Crippen molar-refractivity contribution in [3.63, 3.8) is 0 Å². The second-order valence-electron chi connectivity index (χ2n) is 6.99. The molecular formula is C25H22O4. The third-order valence-corrected chi connectivity index (χ3v) is 5.09. The SMILES string of the molecule is COc1ccc(/C=C2\Oc3c(ccc(OCc4ccccc4C)c3C)C2=O)cc1. The predicted molar refractivity (Wildman–Crippen MR) is 113 cm³/mol. The molecule has 0 radical (unpaired) electrons. The second kappa shape index (κ2) is 7.84. The number of allylic oxidation sites excluding steroid dienone is 1. The molecule has 3 aromatic rings. The summed E-state index contributed by atoms with van der Waals surface area (Å²) in [5, 5.41) is 0. The van der Waals surface area contributed by atoms with Crippen LogP contribution in [0.4, 0.5) is 0 Å². The lowest BCUT2D eigenvalue weighted by Gasteiger charge is -2.12. The summed E-state index contributed by atoms with van der Waals surface area (Å²) >= 11 is 0. The maximum absolute atomic E-state index is 12.8. The van der Waals surface area contributed by atoms with E-state index in [4.69, 9.17) is 14.2 Å². The standard InChI is InChI=1S/C25H22O4/c1-16-6-4-5-7-19(16)15-28-22-13-12-21-24(26)23(29-25(21)17(22)2)14-18-8-10-20(27-3)11-9-18/h4-14H,15H2,1-3H3/b23-14-. The van der Waals surface area contributed by atoms with Crippen LogP contribution in [0.5, 0.6) is 17.2 Å². The number of Topliss-reactive ketones (excluding diaryl/α,β-unsaturated/α-hetero) is 1. The van der Waals surface area contributed by atoms with E-state index < -0.39 is 0 Å². The van der Waals surface area contributed by atoms with Crippen molar-refractivity contribution >= 4 is 11.9 Å². The van der Waals surface area contributed by atoms with Gasteiger partial charge in [0.15, 0.2) is 5.76 Å². The summed E-state index contributed by atoms with van der Waals surface area (Å²) in [6, 6.07) is 19.2. The van der Waals surface area contributed by atoms with Gasteiger partial charge in [0.25, 0.3) is 0 Å². The van der Waals surface area contributed by atoms with Crippen molar-refractivity contribution in [2.45, 2.75) is 20.5 Å². The number of methoxy groups -OCH3 is 1. The lowest BCUT2D eigenvalue weighted by Crippen LogP contribution is -2.00. The van der Waals surface area contributed by atoms with E-state index in [-0.39, 0.29) is 5.78 Å². The van der Waals surface area contributed by atoms with E-state index in [0.717, 1.165) is 22.4 Å². The zero-order valence-electron chi connectivity index (χ0n) is 16.7. The summed E-state index contributed by atoms with van der Waals surface area (Å²) in [6.07, 6.45) is 1.75. The molecule has 3 aromatic carbocycles. The van der Waals surface area contributed by atoms with Crippen LogP contribution < -0.4 is 14.2 Å². The van der Waals surface area contributed by atoms with Crippen molar-refractivity contribution in [3.05, 3.63) is 94.2 Å². The van der Waals surface area contributed by atoms with Gasteiger partial charge < -0.3 is 14.2 Å². The van der Waals surface area contributed by atoms with Gasteiger partial charge in [-0.1, -0.05) is 36.4 Å². The Bertz CT molecular complexity index is 1090. The minimum Gasteiger partial charge on any atom is -0.497 e. The van der Waals surface area contributed by atoms with Gasteiger partial charge in [-0.25, -0.2) is 0 Å². The molecule has 0 saturated heterocycles. The molecule has 146 valence electrons. The maximum Gasteiger partial charge on any atom is 0.231 e. The molecule has 1 heterocycles. The van der Waals surface area contributed by atoms with Gasteiger partial charge in [0.2, 0.25) is 5.78 Å². The minimum absolute atomic E-state index is 0.121. The molecule has 0 saturated carbocycles. The highest BCUT2D eigenvalue weighted by Crippen LogP contribution is 2.39. The highest BCUT2D eigenvalue weighted by atomic mass is 16.5. The molecule has 29 heavy (non-hydrogen) atoms. The number of ketones is 1. The van der Waals surface area contributed by atoms with Gasteiger partial charge >= 0.3 is 0 Å². The molecule has 1 aliphatic heterocycles. The summed E-state index contributed by atoms with van der Waals surface area (Å²) in [4.78, 5) is 12.8. The van der Waals surface area contributed by atoms with Crippen LogP contribution in [0.3, 0.4) is 0 Å². The molecular weight excluding hydrogens is 364 g/mol. The molecule has 0 N–H and O–H groups in total. The molecule has 0 aliphatic carbocycles. The zero-order chi connectivity index (χ0) is 20.4. The van der Waals surface area contributed by atoms with Gasteiger partial charge in [-0.15, -0.1) is 0 Å². The largest absolute Gasteiger partial charge is 0.497 e. The van der Waals surface area contributed by atoms with Crippen molar-refractivity contribution in [2.24, 2.45) is 0 Å². The van der Waals surface area contributed by atoms with Crippen molar-refractivity contribution in [3.8, 4) is 17.2 Å². The first-order valence-electron chi connectivity index (χ1n) is 9.46. The number of rotatable bonds is 5. The Balaban J connectivity index is 1.56. The molecule has 4 rings (SSSR count). The van der Waals surface area contributed by atoms with Crippen molar-refractivity contribution in [1.82, 2.24) is 0 Å². The van der Waals surface area contributed by atoms with Gasteiger partial charge in [0.05, 0.1) is 12.7 Å². The Labute approximate surface area is 170 Å². The summed E-state index contributed by atoms with van der Waals surface area (Å²) < 4.78 is 17.1. The fourth-order valence-electron chi connectivity index (χ4n) is 3.30. The van der Waals surface area contributed by atoms with Crippen LogP contribution in [-0.4, -0.2) is 12.9 Å². The van der Waals surface area contributed by atoms with Crippen molar-refractivity contribution < 1.29 is 19.0 Å². The average molecular weight is 386 g/mol. The Hall–Kier alpha value is -3.53. The van der Waals surface area contributed by atoms with Crippen molar-refractivity contribution in [1.29, 1.82) is 0 Å². The second-order valence-corrected chi connectivity index (χ2v) is 6.99. The van der Waals surface area contributed by atoms with Crippen LogP contribution in [-0.2, 0) is 6.61 Å². The van der Waals surface area contributed by atoms with Crippen LogP contribution in [0, 0.1) is 13.8 Å². The van der Waals surface area contributed by atoms with E-state index in [0.29, 0.717) is 29.4 Å². The first kappa shape index (κ1) is 18.8. The number of fused-ring (bicyclic) bond motifs is 1. The number of benzene rings is 3. The number of carbonyl (C=O) groups excluding carboxylic acids is 1. The van der Waals surface area contributed by atoms with Crippen LogP contribution in [0.1, 0.15) is 32.6 Å². The number of hydrogen-bond donors (Lipinski definition) is 0. The summed E-state index contributed by atoms with van der Waals surface area (Å²) in [6.45, 7) is 4.44. The highest BCUT2D eigenvalue weighted by Gasteiger charge is 2.30. The lowest BCUT2D eigenvalue weighted by atomic mass is 10.1. The normalized spacial score (nSPS) is 13.9. The van der Waals surface area contributed by atoms with Gasteiger partial charge in [-0.2, -0.15) is 0 Å². The molecule has 0 spiro atoms. The molecule has 0 unspecified atom stereocenters. The smallest absolute Gasteiger partial charge is 0.231 e. The third-order valence-electron chi connectivity index (χ3n) is 5.09. The van der Waals surface area contributed by atoms with E-state index in [1.54, 1.807) is 19.3 Å². The van der Waals surface area contributed by atoms with Crippen molar-refractivity contribution in [2.75, 3.05) is 7.11 Å². The van der Waals surface area contributed by atoms with Crippen LogP contribution in [0.25, 0.3) is 6.08 Å². The molecule has 0 atom stereocenters. The van der Waals surface area contributed by atoms with E-state index in [9.17, 15) is 4.79 Å². The molecule has 1 aliphatic rings. The van der Waals surface area contributed by atoms with Gasteiger partial charge in [0.1, 0.15) is 23.9 Å². The number of ether oxygens (including phenoxy) is 3. The van der Waals surface area contributed by atoms with E-state index in [1.807, 2.05) is 55.5 Å². The lowest BCUT2D eigenvalue weighted by molar-refractivity contribution is 0.101. The molecule has 0 fully saturated rings. The van der Waals surface area contributed by atoms with Crippen LogP contribution >= 0.6 is 0 Å². The quantitative estimate of drug-likeness (QED) is 0.543. The Kier molecular flexibility index (Phi) is 5.09. The monoisotopic (exact) mass is 386 g/mol. The first-order chi connectivity index (χ1) is 14.1.